The standard InChI is InChI=1S/C14H23N3O/c1-11(2)13(15)14(18)17-10-6-9-16-12-7-4-3-5-8-12/h3-5,7-8,11,13,16H,6,9-10,15H2,1-2H3,(H,17,18)/t13-/m0/s1. The van der Waals surface area contributed by atoms with Gasteiger partial charge in [0.1, 0.15) is 0 Å². The van der Waals surface area contributed by atoms with E-state index in [1.807, 2.05) is 44.2 Å². The quantitative estimate of drug-likeness (QED) is 0.643. The number of carbonyl (C=O) groups excluding carboxylic acids is 1. The lowest BCUT2D eigenvalue weighted by molar-refractivity contribution is -0.123. The second-order valence-corrected chi connectivity index (χ2v) is 4.71. The Hall–Kier alpha value is -1.55. The van der Waals surface area contributed by atoms with Crippen LogP contribution in [0.25, 0.3) is 0 Å². The van der Waals surface area contributed by atoms with E-state index in [4.69, 9.17) is 5.73 Å². The van der Waals surface area contributed by atoms with Crippen LogP contribution in [0.1, 0.15) is 20.3 Å². The third-order valence-electron chi connectivity index (χ3n) is 2.78. The molecule has 4 N–H and O–H groups in total. The van der Waals surface area contributed by atoms with Crippen LogP contribution in [-0.2, 0) is 4.79 Å². The molecule has 0 aliphatic heterocycles. The monoisotopic (exact) mass is 249 g/mol. The minimum Gasteiger partial charge on any atom is -0.385 e. The van der Waals surface area contributed by atoms with Crippen LogP contribution >= 0.6 is 0 Å². The fraction of sp³-hybridized carbons (Fsp3) is 0.500. The van der Waals surface area contributed by atoms with Gasteiger partial charge in [-0.25, -0.2) is 0 Å². The number of hydrogen-bond acceptors (Lipinski definition) is 3. The number of anilines is 1. The molecule has 0 fully saturated rings. The molecule has 0 aliphatic carbocycles. The molecule has 0 saturated heterocycles. The molecule has 1 rings (SSSR count). The summed E-state index contributed by atoms with van der Waals surface area (Å²) in [6.07, 6.45) is 0.880. The molecular formula is C14H23N3O. The van der Waals surface area contributed by atoms with Crippen LogP contribution in [0.5, 0.6) is 0 Å². The van der Waals surface area contributed by atoms with Gasteiger partial charge < -0.3 is 16.4 Å². The van der Waals surface area contributed by atoms with Gasteiger partial charge in [-0.15, -0.1) is 0 Å². The van der Waals surface area contributed by atoms with E-state index >= 15 is 0 Å². The third-order valence-corrected chi connectivity index (χ3v) is 2.78. The highest BCUT2D eigenvalue weighted by atomic mass is 16.2. The van der Waals surface area contributed by atoms with Crippen molar-refractivity contribution < 1.29 is 4.79 Å². The maximum Gasteiger partial charge on any atom is 0.237 e. The van der Waals surface area contributed by atoms with Gasteiger partial charge >= 0.3 is 0 Å². The molecule has 1 aromatic rings. The van der Waals surface area contributed by atoms with Crippen molar-refractivity contribution in [3.63, 3.8) is 0 Å². The fourth-order valence-corrected chi connectivity index (χ4v) is 1.51. The number of carbonyl (C=O) groups is 1. The number of hydrogen-bond donors (Lipinski definition) is 3. The first-order valence-electron chi connectivity index (χ1n) is 6.43. The van der Waals surface area contributed by atoms with Gasteiger partial charge in [0.05, 0.1) is 6.04 Å². The first-order chi connectivity index (χ1) is 8.61. The summed E-state index contributed by atoms with van der Waals surface area (Å²) in [5.41, 5.74) is 6.84. The van der Waals surface area contributed by atoms with Crippen molar-refractivity contribution in [1.29, 1.82) is 0 Å². The Morgan fingerprint density at radius 3 is 2.50 bits per heavy atom. The molecule has 0 spiro atoms. The van der Waals surface area contributed by atoms with E-state index in [1.165, 1.54) is 0 Å². The van der Waals surface area contributed by atoms with Gasteiger partial charge in [-0.1, -0.05) is 32.0 Å². The first kappa shape index (κ1) is 14.5. The average molecular weight is 249 g/mol. The Kier molecular flexibility index (Phi) is 6.22. The zero-order valence-corrected chi connectivity index (χ0v) is 11.1. The Morgan fingerprint density at radius 1 is 1.22 bits per heavy atom. The van der Waals surface area contributed by atoms with Crippen molar-refractivity contribution in [2.24, 2.45) is 11.7 Å². The second kappa shape index (κ2) is 7.71. The van der Waals surface area contributed by atoms with E-state index in [0.717, 1.165) is 18.7 Å². The number of benzene rings is 1. The summed E-state index contributed by atoms with van der Waals surface area (Å²) < 4.78 is 0. The van der Waals surface area contributed by atoms with Crippen LogP contribution in [0.4, 0.5) is 5.69 Å². The van der Waals surface area contributed by atoms with E-state index in [1.54, 1.807) is 0 Å². The summed E-state index contributed by atoms with van der Waals surface area (Å²) in [6.45, 7) is 5.38. The van der Waals surface area contributed by atoms with E-state index in [2.05, 4.69) is 10.6 Å². The van der Waals surface area contributed by atoms with Crippen LogP contribution in [0.2, 0.25) is 0 Å². The summed E-state index contributed by atoms with van der Waals surface area (Å²) in [4.78, 5) is 11.6. The van der Waals surface area contributed by atoms with E-state index in [0.29, 0.717) is 6.54 Å². The number of amides is 1. The van der Waals surface area contributed by atoms with Gasteiger partial charge in [-0.05, 0) is 24.5 Å². The van der Waals surface area contributed by atoms with E-state index in [9.17, 15) is 4.79 Å². The predicted molar refractivity (Wildman–Crippen MR) is 75.4 cm³/mol. The molecule has 0 heterocycles. The smallest absolute Gasteiger partial charge is 0.237 e. The molecule has 1 aromatic carbocycles. The Labute approximate surface area is 109 Å². The molecule has 0 saturated carbocycles. The zero-order valence-electron chi connectivity index (χ0n) is 11.1. The highest BCUT2D eigenvalue weighted by Crippen LogP contribution is 2.04. The average Bonchev–Trinajstić information content (AvgIpc) is 2.38. The van der Waals surface area contributed by atoms with Gasteiger partial charge in [0, 0.05) is 18.8 Å². The Balaban J connectivity index is 2.11. The van der Waals surface area contributed by atoms with Crippen LogP contribution in [0.15, 0.2) is 30.3 Å². The first-order valence-corrected chi connectivity index (χ1v) is 6.43. The van der Waals surface area contributed by atoms with Gasteiger partial charge in [-0.3, -0.25) is 4.79 Å². The summed E-state index contributed by atoms with van der Waals surface area (Å²) in [5.74, 6) is 0.108. The van der Waals surface area contributed by atoms with Gasteiger partial charge in [-0.2, -0.15) is 0 Å². The molecule has 1 atom stereocenters. The van der Waals surface area contributed by atoms with Crippen molar-refractivity contribution in [3.8, 4) is 0 Å². The van der Waals surface area contributed by atoms with Gasteiger partial charge in [0.15, 0.2) is 0 Å². The minimum atomic E-state index is -0.410. The molecule has 0 aliphatic rings. The summed E-state index contributed by atoms with van der Waals surface area (Å²) in [7, 11) is 0. The lowest BCUT2D eigenvalue weighted by Crippen LogP contribution is -2.44. The topological polar surface area (TPSA) is 67.2 Å². The van der Waals surface area contributed by atoms with Crippen molar-refractivity contribution >= 4 is 11.6 Å². The second-order valence-electron chi connectivity index (χ2n) is 4.71. The predicted octanol–water partition coefficient (Wildman–Crippen LogP) is 1.59. The van der Waals surface area contributed by atoms with Crippen LogP contribution < -0.4 is 16.4 Å². The summed E-state index contributed by atoms with van der Waals surface area (Å²) in [5, 5.41) is 6.13. The van der Waals surface area contributed by atoms with Crippen LogP contribution in [0, 0.1) is 5.92 Å². The number of nitrogens with one attached hydrogen (secondary N) is 2. The lowest BCUT2D eigenvalue weighted by Gasteiger charge is -2.15. The maximum atomic E-state index is 11.6. The highest BCUT2D eigenvalue weighted by Gasteiger charge is 2.15. The van der Waals surface area contributed by atoms with E-state index < -0.39 is 6.04 Å². The fourth-order valence-electron chi connectivity index (χ4n) is 1.51. The number of rotatable bonds is 7. The molecule has 0 unspecified atom stereocenters. The van der Waals surface area contributed by atoms with Crippen LogP contribution in [0.3, 0.4) is 0 Å². The van der Waals surface area contributed by atoms with E-state index in [-0.39, 0.29) is 11.8 Å². The van der Waals surface area contributed by atoms with Crippen LogP contribution in [-0.4, -0.2) is 25.0 Å². The van der Waals surface area contributed by atoms with Crippen molar-refractivity contribution in [2.45, 2.75) is 26.3 Å². The summed E-state index contributed by atoms with van der Waals surface area (Å²) in [6, 6.07) is 9.60. The lowest BCUT2D eigenvalue weighted by atomic mass is 10.1. The maximum absolute atomic E-state index is 11.6. The SMILES string of the molecule is CC(C)[C@H](N)C(=O)NCCCNc1ccccc1. The van der Waals surface area contributed by atoms with Crippen molar-refractivity contribution in [2.75, 3.05) is 18.4 Å². The molecule has 4 nitrogen and oxygen atoms in total. The third kappa shape index (κ3) is 5.19. The molecule has 100 valence electrons. The van der Waals surface area contributed by atoms with Gasteiger partial charge in [0.25, 0.3) is 0 Å². The number of para-hydroxylation sites is 1. The molecule has 0 aromatic heterocycles. The summed E-state index contributed by atoms with van der Waals surface area (Å²) >= 11 is 0. The molecule has 18 heavy (non-hydrogen) atoms. The zero-order chi connectivity index (χ0) is 13.4. The molecular weight excluding hydrogens is 226 g/mol. The van der Waals surface area contributed by atoms with Crippen molar-refractivity contribution in [1.82, 2.24) is 5.32 Å². The molecule has 1 amide bonds. The number of nitrogens with two attached hydrogens (primary N) is 1. The largest absolute Gasteiger partial charge is 0.385 e. The molecule has 0 bridgehead atoms. The highest BCUT2D eigenvalue weighted by molar-refractivity contribution is 5.81. The minimum absolute atomic E-state index is 0.0651. The molecule has 0 radical (unpaired) electrons. The van der Waals surface area contributed by atoms with Gasteiger partial charge in [0.2, 0.25) is 5.91 Å². The Bertz CT molecular complexity index is 351. The van der Waals surface area contributed by atoms with Crippen molar-refractivity contribution in [3.05, 3.63) is 30.3 Å². The Morgan fingerprint density at radius 2 is 1.89 bits per heavy atom. The molecule has 4 heteroatoms. The normalized spacial score (nSPS) is 12.2.